The second kappa shape index (κ2) is 4.82. The molecule has 3 rings (SSSR count). The summed E-state index contributed by atoms with van der Waals surface area (Å²) >= 11 is 0. The van der Waals surface area contributed by atoms with Crippen molar-refractivity contribution in [3.05, 3.63) is 47.7 Å². The molecule has 0 aliphatic rings. The first-order valence-electron chi connectivity index (χ1n) is 5.76. The normalized spacial score (nSPS) is 10.8. The van der Waals surface area contributed by atoms with Crippen LogP contribution in [0.25, 0.3) is 23.0 Å². The van der Waals surface area contributed by atoms with Gasteiger partial charge in [-0.25, -0.2) is 13.6 Å². The summed E-state index contributed by atoms with van der Waals surface area (Å²) in [5, 5.41) is 12.7. The predicted molar refractivity (Wildman–Crippen MR) is 66.4 cm³/mol. The summed E-state index contributed by atoms with van der Waals surface area (Å²) in [5.74, 6) is -3.93. The number of carboxylic acid groups (broad SMARTS) is 1. The van der Waals surface area contributed by atoms with Gasteiger partial charge in [0, 0.05) is 6.20 Å². The Morgan fingerprint density at radius 2 is 2.05 bits per heavy atom. The highest BCUT2D eigenvalue weighted by molar-refractivity contribution is 5.94. The highest BCUT2D eigenvalue weighted by Crippen LogP contribution is 2.27. The Balaban J connectivity index is 2.12. The minimum Gasteiger partial charge on any atom is -0.478 e. The van der Waals surface area contributed by atoms with E-state index < -0.39 is 23.2 Å². The van der Waals surface area contributed by atoms with Crippen LogP contribution in [0.1, 0.15) is 10.4 Å². The van der Waals surface area contributed by atoms with Crippen LogP contribution in [0.15, 0.2) is 35.0 Å². The zero-order valence-electron chi connectivity index (χ0n) is 10.3. The van der Waals surface area contributed by atoms with E-state index in [9.17, 15) is 13.6 Å². The monoisotopic (exact) mass is 291 g/mol. The van der Waals surface area contributed by atoms with Crippen molar-refractivity contribution in [1.29, 1.82) is 0 Å². The summed E-state index contributed by atoms with van der Waals surface area (Å²) in [6.45, 7) is 0. The van der Waals surface area contributed by atoms with Crippen LogP contribution in [0.4, 0.5) is 8.78 Å². The SMILES string of the molecule is O=C(O)c1cc(F)c(F)cc1-c1nc(-c2ccc[nH]2)no1. The third kappa shape index (κ3) is 2.27. The number of nitrogens with one attached hydrogen (secondary N) is 1. The standard InChI is InChI=1S/C13H7F2N3O3/c14-8-4-6(7(13(19)20)5-9(8)15)12-17-11(18-21-12)10-2-1-3-16-10/h1-5,16H,(H,19,20). The van der Waals surface area contributed by atoms with Crippen LogP contribution in [0.2, 0.25) is 0 Å². The number of hydrogen-bond donors (Lipinski definition) is 2. The highest BCUT2D eigenvalue weighted by atomic mass is 19.2. The maximum atomic E-state index is 13.3. The van der Waals surface area contributed by atoms with Crippen LogP contribution >= 0.6 is 0 Å². The predicted octanol–water partition coefficient (Wildman–Crippen LogP) is 2.71. The molecule has 2 aromatic heterocycles. The van der Waals surface area contributed by atoms with Gasteiger partial charge in [0.05, 0.1) is 16.8 Å². The average molecular weight is 291 g/mol. The topological polar surface area (TPSA) is 92.0 Å². The number of H-pyrrole nitrogens is 1. The third-order valence-corrected chi connectivity index (χ3v) is 2.79. The number of aromatic carboxylic acids is 1. The molecule has 106 valence electrons. The van der Waals surface area contributed by atoms with Gasteiger partial charge in [0.2, 0.25) is 5.82 Å². The zero-order valence-corrected chi connectivity index (χ0v) is 10.3. The van der Waals surface area contributed by atoms with Gasteiger partial charge in [-0.2, -0.15) is 4.98 Å². The third-order valence-electron chi connectivity index (χ3n) is 2.79. The molecule has 0 fully saturated rings. The summed E-state index contributed by atoms with van der Waals surface area (Å²) in [5.41, 5.74) is -0.105. The second-order valence-electron chi connectivity index (χ2n) is 4.12. The van der Waals surface area contributed by atoms with Gasteiger partial charge in [0.1, 0.15) is 0 Å². The number of rotatable bonds is 3. The quantitative estimate of drug-likeness (QED) is 0.774. The molecule has 0 bridgehead atoms. The summed E-state index contributed by atoms with van der Waals surface area (Å²) in [6, 6.07) is 4.68. The van der Waals surface area contributed by atoms with Gasteiger partial charge in [0.15, 0.2) is 11.6 Å². The van der Waals surface area contributed by atoms with Crippen molar-refractivity contribution in [1.82, 2.24) is 15.1 Å². The Bertz CT molecular complexity index is 812. The van der Waals surface area contributed by atoms with Crippen molar-refractivity contribution in [2.75, 3.05) is 0 Å². The Morgan fingerprint density at radius 3 is 2.71 bits per heavy atom. The first-order chi connectivity index (χ1) is 10.1. The summed E-state index contributed by atoms with van der Waals surface area (Å²) in [4.78, 5) is 17.9. The van der Waals surface area contributed by atoms with Crippen molar-refractivity contribution >= 4 is 5.97 Å². The van der Waals surface area contributed by atoms with Gasteiger partial charge < -0.3 is 14.6 Å². The van der Waals surface area contributed by atoms with Crippen LogP contribution in [0.5, 0.6) is 0 Å². The first-order valence-corrected chi connectivity index (χ1v) is 5.76. The fourth-order valence-corrected chi connectivity index (χ4v) is 1.81. The number of aromatic nitrogens is 3. The molecule has 0 atom stereocenters. The van der Waals surface area contributed by atoms with Crippen LogP contribution < -0.4 is 0 Å². The largest absolute Gasteiger partial charge is 0.478 e. The number of hydrogen-bond acceptors (Lipinski definition) is 4. The summed E-state index contributed by atoms with van der Waals surface area (Å²) in [7, 11) is 0. The fraction of sp³-hybridized carbons (Fsp3) is 0. The lowest BCUT2D eigenvalue weighted by Gasteiger charge is -2.02. The Kier molecular flexibility index (Phi) is 2.98. The average Bonchev–Trinajstić information content (AvgIpc) is 3.10. The van der Waals surface area contributed by atoms with E-state index in [4.69, 9.17) is 9.63 Å². The van der Waals surface area contributed by atoms with Crippen molar-refractivity contribution in [2.24, 2.45) is 0 Å². The number of carboxylic acids is 1. The van der Waals surface area contributed by atoms with E-state index >= 15 is 0 Å². The maximum Gasteiger partial charge on any atom is 0.336 e. The van der Waals surface area contributed by atoms with Gasteiger partial charge in [0.25, 0.3) is 5.89 Å². The van der Waals surface area contributed by atoms with E-state index in [2.05, 4.69) is 15.1 Å². The molecule has 0 aliphatic heterocycles. The number of carbonyl (C=O) groups is 1. The lowest BCUT2D eigenvalue weighted by molar-refractivity contribution is 0.0696. The lowest BCUT2D eigenvalue weighted by Crippen LogP contribution is -2.02. The molecular formula is C13H7F2N3O3. The molecule has 0 aliphatic carbocycles. The number of aromatic amines is 1. The second-order valence-corrected chi connectivity index (χ2v) is 4.12. The molecule has 0 saturated carbocycles. The maximum absolute atomic E-state index is 13.3. The van der Waals surface area contributed by atoms with Gasteiger partial charge in [-0.1, -0.05) is 5.16 Å². The molecule has 6 nitrogen and oxygen atoms in total. The molecular weight excluding hydrogens is 284 g/mol. The van der Waals surface area contributed by atoms with Gasteiger partial charge >= 0.3 is 5.97 Å². The minimum absolute atomic E-state index is 0.177. The van der Waals surface area contributed by atoms with Gasteiger partial charge in [-0.15, -0.1) is 0 Å². The van der Waals surface area contributed by atoms with Crippen LogP contribution in [-0.2, 0) is 0 Å². The minimum atomic E-state index is -1.43. The fourth-order valence-electron chi connectivity index (χ4n) is 1.81. The zero-order chi connectivity index (χ0) is 15.0. The molecule has 0 unspecified atom stereocenters. The van der Waals surface area contributed by atoms with Crippen LogP contribution in [0.3, 0.4) is 0 Å². The van der Waals surface area contributed by atoms with Crippen LogP contribution in [0, 0.1) is 11.6 Å². The van der Waals surface area contributed by atoms with Crippen molar-refractivity contribution < 1.29 is 23.2 Å². The number of benzene rings is 1. The number of nitrogens with zero attached hydrogens (tertiary/aromatic N) is 2. The molecule has 0 amide bonds. The molecule has 3 aromatic rings. The lowest BCUT2D eigenvalue weighted by atomic mass is 10.1. The van der Waals surface area contributed by atoms with Crippen molar-refractivity contribution in [3.63, 3.8) is 0 Å². The molecule has 0 radical (unpaired) electrons. The van der Waals surface area contributed by atoms with Gasteiger partial charge in [-0.05, 0) is 24.3 Å². The Labute approximate surface area is 116 Å². The van der Waals surface area contributed by atoms with Crippen LogP contribution in [-0.4, -0.2) is 26.2 Å². The van der Waals surface area contributed by atoms with E-state index in [1.165, 1.54) is 0 Å². The molecule has 0 saturated heterocycles. The molecule has 0 spiro atoms. The highest BCUT2D eigenvalue weighted by Gasteiger charge is 2.21. The van der Waals surface area contributed by atoms with E-state index in [1.54, 1.807) is 18.3 Å². The van der Waals surface area contributed by atoms with Crippen molar-refractivity contribution in [3.8, 4) is 23.0 Å². The molecule has 2 N–H and O–H groups in total. The molecule has 8 heteroatoms. The smallest absolute Gasteiger partial charge is 0.336 e. The molecule has 21 heavy (non-hydrogen) atoms. The number of halogens is 2. The van der Waals surface area contributed by atoms with E-state index in [-0.39, 0.29) is 17.3 Å². The van der Waals surface area contributed by atoms with Gasteiger partial charge in [-0.3, -0.25) is 0 Å². The Morgan fingerprint density at radius 1 is 1.29 bits per heavy atom. The molecule has 1 aromatic carbocycles. The Hall–Kier alpha value is -3.03. The van der Waals surface area contributed by atoms with Crippen molar-refractivity contribution in [2.45, 2.75) is 0 Å². The van der Waals surface area contributed by atoms with E-state index in [0.717, 1.165) is 0 Å². The molecule has 2 heterocycles. The summed E-state index contributed by atoms with van der Waals surface area (Å²) < 4.78 is 31.4. The van der Waals surface area contributed by atoms with E-state index in [0.29, 0.717) is 17.8 Å². The van der Waals surface area contributed by atoms with E-state index in [1.807, 2.05) is 0 Å². The summed E-state index contributed by atoms with van der Waals surface area (Å²) in [6.07, 6.45) is 1.64. The first kappa shape index (κ1) is 13.0.